The molecular formula is C21H25BrO3. The maximum atomic E-state index is 12.4. The van der Waals surface area contributed by atoms with E-state index in [0.717, 1.165) is 23.7 Å². The zero-order valence-corrected chi connectivity index (χ0v) is 16.6. The minimum absolute atomic E-state index is 0.391. The van der Waals surface area contributed by atoms with Crippen molar-refractivity contribution in [3.63, 3.8) is 0 Å². The average Bonchev–Trinajstić information content (AvgIpc) is 2.63. The number of halogens is 1. The number of hydrogen-bond acceptors (Lipinski definition) is 3. The summed E-state index contributed by atoms with van der Waals surface area (Å²) in [7, 11) is 0. The Morgan fingerprint density at radius 1 is 1.16 bits per heavy atom. The van der Waals surface area contributed by atoms with Gasteiger partial charge in [-0.15, -0.1) is 0 Å². The Labute approximate surface area is 158 Å². The summed E-state index contributed by atoms with van der Waals surface area (Å²) < 4.78 is 12.0. The molecule has 2 aromatic rings. The number of ether oxygens (including phenoxy) is 2. The molecule has 0 aliphatic rings. The SMILES string of the molecule is CCCCOc1cccc(C(=O)Oc2ccc(C(C)CC)cc2Br)c1. The van der Waals surface area contributed by atoms with Crippen molar-refractivity contribution in [3.05, 3.63) is 58.1 Å². The van der Waals surface area contributed by atoms with Crippen LogP contribution in [-0.4, -0.2) is 12.6 Å². The fourth-order valence-corrected chi connectivity index (χ4v) is 2.83. The van der Waals surface area contributed by atoms with Gasteiger partial charge in [0.25, 0.3) is 0 Å². The van der Waals surface area contributed by atoms with Gasteiger partial charge in [0.05, 0.1) is 16.6 Å². The molecule has 2 rings (SSSR count). The molecule has 4 heteroatoms. The smallest absolute Gasteiger partial charge is 0.343 e. The van der Waals surface area contributed by atoms with E-state index in [1.54, 1.807) is 18.2 Å². The summed E-state index contributed by atoms with van der Waals surface area (Å²) in [5, 5.41) is 0. The Hall–Kier alpha value is -1.81. The molecule has 0 aromatic heterocycles. The van der Waals surface area contributed by atoms with Crippen LogP contribution in [0.5, 0.6) is 11.5 Å². The molecule has 0 heterocycles. The number of carbonyl (C=O) groups is 1. The first-order valence-electron chi connectivity index (χ1n) is 8.79. The second kappa shape index (κ2) is 9.62. The van der Waals surface area contributed by atoms with Gasteiger partial charge >= 0.3 is 5.97 Å². The van der Waals surface area contributed by atoms with Crippen LogP contribution < -0.4 is 9.47 Å². The average molecular weight is 405 g/mol. The Balaban J connectivity index is 2.08. The first kappa shape index (κ1) is 19.5. The fourth-order valence-electron chi connectivity index (χ4n) is 2.35. The largest absolute Gasteiger partial charge is 0.494 e. The lowest BCUT2D eigenvalue weighted by atomic mass is 9.99. The second-order valence-electron chi connectivity index (χ2n) is 6.12. The number of unbranched alkanes of at least 4 members (excludes halogenated alkanes) is 1. The van der Waals surface area contributed by atoms with Gasteiger partial charge in [0.2, 0.25) is 0 Å². The number of rotatable bonds is 8. The van der Waals surface area contributed by atoms with E-state index >= 15 is 0 Å². The van der Waals surface area contributed by atoms with Gasteiger partial charge in [0, 0.05) is 0 Å². The monoisotopic (exact) mass is 404 g/mol. The van der Waals surface area contributed by atoms with E-state index in [0.29, 0.717) is 29.6 Å². The number of hydrogen-bond donors (Lipinski definition) is 0. The number of benzene rings is 2. The Morgan fingerprint density at radius 3 is 2.64 bits per heavy atom. The van der Waals surface area contributed by atoms with Gasteiger partial charge in [-0.05, 0) is 70.6 Å². The molecule has 0 N–H and O–H groups in total. The summed E-state index contributed by atoms with van der Waals surface area (Å²) >= 11 is 3.50. The summed E-state index contributed by atoms with van der Waals surface area (Å²) in [4.78, 5) is 12.4. The van der Waals surface area contributed by atoms with Crippen molar-refractivity contribution in [1.29, 1.82) is 0 Å². The van der Waals surface area contributed by atoms with E-state index in [1.807, 2.05) is 24.3 Å². The van der Waals surface area contributed by atoms with E-state index in [-0.39, 0.29) is 0 Å². The van der Waals surface area contributed by atoms with Crippen molar-refractivity contribution in [2.24, 2.45) is 0 Å². The molecule has 3 nitrogen and oxygen atoms in total. The van der Waals surface area contributed by atoms with Crippen molar-refractivity contribution in [2.75, 3.05) is 6.61 Å². The lowest BCUT2D eigenvalue weighted by Crippen LogP contribution is -2.09. The number of esters is 1. The van der Waals surface area contributed by atoms with Crippen LogP contribution in [0.25, 0.3) is 0 Å². The van der Waals surface area contributed by atoms with Crippen molar-refractivity contribution >= 4 is 21.9 Å². The molecule has 134 valence electrons. The first-order valence-corrected chi connectivity index (χ1v) is 9.59. The van der Waals surface area contributed by atoms with Crippen LogP contribution in [0.3, 0.4) is 0 Å². The van der Waals surface area contributed by atoms with E-state index in [2.05, 4.69) is 36.7 Å². The van der Waals surface area contributed by atoms with E-state index in [9.17, 15) is 4.79 Å². The van der Waals surface area contributed by atoms with E-state index in [1.165, 1.54) is 5.56 Å². The number of carbonyl (C=O) groups excluding carboxylic acids is 1. The standard InChI is InChI=1S/C21H25BrO3/c1-4-6-12-24-18-9-7-8-17(13-18)21(23)25-20-11-10-16(14-19(20)22)15(3)5-2/h7-11,13-15H,4-6,12H2,1-3H3. The van der Waals surface area contributed by atoms with Crippen LogP contribution in [0.4, 0.5) is 0 Å². The van der Waals surface area contributed by atoms with Gasteiger partial charge in [0.1, 0.15) is 11.5 Å². The van der Waals surface area contributed by atoms with Gasteiger partial charge < -0.3 is 9.47 Å². The van der Waals surface area contributed by atoms with Gasteiger partial charge in [-0.2, -0.15) is 0 Å². The molecule has 0 spiro atoms. The van der Waals surface area contributed by atoms with Crippen LogP contribution in [0.1, 0.15) is 61.9 Å². The normalized spacial score (nSPS) is 11.8. The Bertz CT molecular complexity index is 712. The van der Waals surface area contributed by atoms with E-state index < -0.39 is 5.97 Å². The molecule has 0 bridgehead atoms. The molecule has 0 amide bonds. The van der Waals surface area contributed by atoms with Crippen molar-refractivity contribution in [2.45, 2.75) is 46.0 Å². The van der Waals surface area contributed by atoms with Gasteiger partial charge in [0.15, 0.2) is 0 Å². The molecule has 0 fully saturated rings. The first-order chi connectivity index (χ1) is 12.0. The maximum absolute atomic E-state index is 12.4. The topological polar surface area (TPSA) is 35.5 Å². The zero-order valence-electron chi connectivity index (χ0n) is 15.0. The van der Waals surface area contributed by atoms with E-state index in [4.69, 9.17) is 9.47 Å². The molecule has 0 aliphatic heterocycles. The molecule has 25 heavy (non-hydrogen) atoms. The van der Waals surface area contributed by atoms with Crippen molar-refractivity contribution in [1.82, 2.24) is 0 Å². The van der Waals surface area contributed by atoms with Crippen LogP contribution >= 0.6 is 15.9 Å². The molecular weight excluding hydrogens is 380 g/mol. The van der Waals surface area contributed by atoms with Crippen LogP contribution in [0.2, 0.25) is 0 Å². The lowest BCUT2D eigenvalue weighted by molar-refractivity contribution is 0.0733. The summed E-state index contributed by atoms with van der Waals surface area (Å²) in [5.74, 6) is 1.29. The van der Waals surface area contributed by atoms with Crippen LogP contribution in [-0.2, 0) is 0 Å². The van der Waals surface area contributed by atoms with Crippen LogP contribution in [0, 0.1) is 0 Å². The third-order valence-electron chi connectivity index (χ3n) is 4.18. The predicted molar refractivity (Wildman–Crippen MR) is 105 cm³/mol. The molecule has 1 unspecified atom stereocenters. The third kappa shape index (κ3) is 5.60. The minimum Gasteiger partial charge on any atom is -0.494 e. The van der Waals surface area contributed by atoms with Crippen molar-refractivity contribution in [3.8, 4) is 11.5 Å². The Morgan fingerprint density at radius 2 is 1.96 bits per heavy atom. The lowest BCUT2D eigenvalue weighted by Gasteiger charge is -2.12. The molecule has 0 radical (unpaired) electrons. The highest BCUT2D eigenvalue weighted by atomic mass is 79.9. The summed E-state index contributed by atoms with van der Waals surface area (Å²) in [6.45, 7) is 7.10. The summed E-state index contributed by atoms with van der Waals surface area (Å²) in [6, 6.07) is 13.0. The van der Waals surface area contributed by atoms with Gasteiger partial charge in [-0.1, -0.05) is 39.3 Å². The second-order valence-corrected chi connectivity index (χ2v) is 6.97. The van der Waals surface area contributed by atoms with Crippen LogP contribution in [0.15, 0.2) is 46.9 Å². The zero-order chi connectivity index (χ0) is 18.2. The van der Waals surface area contributed by atoms with Gasteiger partial charge in [-0.25, -0.2) is 4.79 Å². The Kier molecular flexibility index (Phi) is 7.51. The minimum atomic E-state index is -0.391. The van der Waals surface area contributed by atoms with Gasteiger partial charge in [-0.3, -0.25) is 0 Å². The van der Waals surface area contributed by atoms with Crippen molar-refractivity contribution < 1.29 is 14.3 Å². The fraction of sp³-hybridized carbons (Fsp3) is 0.381. The highest BCUT2D eigenvalue weighted by Gasteiger charge is 2.13. The summed E-state index contributed by atoms with van der Waals surface area (Å²) in [6.07, 6.45) is 3.13. The quantitative estimate of drug-likeness (QED) is 0.291. The predicted octanol–water partition coefficient (Wildman–Crippen LogP) is 6.36. The maximum Gasteiger partial charge on any atom is 0.343 e. The molecule has 2 aromatic carbocycles. The highest BCUT2D eigenvalue weighted by Crippen LogP contribution is 2.30. The molecule has 1 atom stereocenters. The summed E-state index contributed by atoms with van der Waals surface area (Å²) in [5.41, 5.74) is 1.70. The highest BCUT2D eigenvalue weighted by molar-refractivity contribution is 9.10. The molecule has 0 saturated heterocycles. The molecule has 0 aliphatic carbocycles. The third-order valence-corrected chi connectivity index (χ3v) is 4.80. The molecule has 0 saturated carbocycles.